The molecule has 0 saturated carbocycles. The minimum atomic E-state index is -1.17. The van der Waals surface area contributed by atoms with Gasteiger partial charge in [-0.15, -0.1) is 6.58 Å². The maximum atomic E-state index is 11.3. The summed E-state index contributed by atoms with van der Waals surface area (Å²) in [6.45, 7) is 4.08. The number of unbranched alkanes of at least 4 members (excludes halogenated alkanes) is 4. The van der Waals surface area contributed by atoms with Crippen LogP contribution in [0.4, 0.5) is 0 Å². The van der Waals surface area contributed by atoms with Gasteiger partial charge in [0.05, 0.1) is 0 Å². The topological polar surface area (TPSA) is 128 Å². The molecule has 0 aliphatic heterocycles. The molecule has 6 heteroatoms. The van der Waals surface area contributed by atoms with Gasteiger partial charge in [-0.3, -0.25) is 9.79 Å². The second kappa shape index (κ2) is 10.3. The van der Waals surface area contributed by atoms with E-state index in [1.807, 2.05) is 6.08 Å². The van der Waals surface area contributed by atoms with E-state index < -0.39 is 11.5 Å². The fourth-order valence-electron chi connectivity index (χ4n) is 2.02. The first kappa shape index (κ1) is 18.4. The van der Waals surface area contributed by atoms with E-state index in [9.17, 15) is 9.90 Å². The van der Waals surface area contributed by atoms with Gasteiger partial charge in [0.2, 0.25) is 0 Å². The SMILES string of the molecule is C=CCCCCCC[C@](N)(CCCN=C(N)N)C(=O)O. The Balaban J connectivity index is 4.02. The van der Waals surface area contributed by atoms with E-state index >= 15 is 0 Å². The summed E-state index contributed by atoms with van der Waals surface area (Å²) in [4.78, 5) is 15.1. The van der Waals surface area contributed by atoms with E-state index in [2.05, 4.69) is 11.6 Å². The molecule has 7 N–H and O–H groups in total. The zero-order valence-corrected chi connectivity index (χ0v) is 12.2. The lowest BCUT2D eigenvalue weighted by Gasteiger charge is -2.24. The first-order valence-electron chi connectivity index (χ1n) is 7.11. The normalized spacial score (nSPS) is 13.4. The van der Waals surface area contributed by atoms with Gasteiger partial charge in [0.1, 0.15) is 5.54 Å². The van der Waals surface area contributed by atoms with Crippen molar-refractivity contribution in [3.63, 3.8) is 0 Å². The highest BCUT2D eigenvalue weighted by Crippen LogP contribution is 2.19. The average Bonchev–Trinajstić information content (AvgIpc) is 2.38. The number of carboxylic acids is 1. The van der Waals surface area contributed by atoms with Gasteiger partial charge in [0, 0.05) is 6.54 Å². The number of carboxylic acid groups (broad SMARTS) is 1. The van der Waals surface area contributed by atoms with E-state index in [4.69, 9.17) is 17.2 Å². The Hall–Kier alpha value is -1.56. The van der Waals surface area contributed by atoms with Crippen LogP contribution < -0.4 is 17.2 Å². The molecule has 0 unspecified atom stereocenters. The molecular formula is C14H28N4O2. The molecule has 20 heavy (non-hydrogen) atoms. The molecule has 1 atom stereocenters. The summed E-state index contributed by atoms with van der Waals surface area (Å²) in [5, 5.41) is 9.26. The van der Waals surface area contributed by atoms with Crippen LogP contribution in [0.1, 0.15) is 51.4 Å². The average molecular weight is 284 g/mol. The summed E-state index contributed by atoms with van der Waals surface area (Å²) < 4.78 is 0. The third-order valence-electron chi connectivity index (χ3n) is 3.28. The van der Waals surface area contributed by atoms with E-state index in [1.165, 1.54) is 0 Å². The number of nitrogens with two attached hydrogens (primary N) is 3. The molecule has 0 aliphatic carbocycles. The van der Waals surface area contributed by atoms with Crippen LogP contribution in [0.2, 0.25) is 0 Å². The van der Waals surface area contributed by atoms with Crippen molar-refractivity contribution in [1.29, 1.82) is 0 Å². The van der Waals surface area contributed by atoms with E-state index in [-0.39, 0.29) is 5.96 Å². The fourth-order valence-corrected chi connectivity index (χ4v) is 2.02. The van der Waals surface area contributed by atoms with Crippen molar-refractivity contribution in [2.75, 3.05) is 6.54 Å². The van der Waals surface area contributed by atoms with Crippen LogP contribution in [0, 0.1) is 0 Å². The van der Waals surface area contributed by atoms with Crippen molar-refractivity contribution >= 4 is 11.9 Å². The molecule has 0 saturated heterocycles. The Bertz CT molecular complexity index is 327. The number of carbonyl (C=O) groups is 1. The number of hydrogen-bond donors (Lipinski definition) is 4. The largest absolute Gasteiger partial charge is 0.480 e. The summed E-state index contributed by atoms with van der Waals surface area (Å²) >= 11 is 0. The Morgan fingerprint density at radius 3 is 2.30 bits per heavy atom. The van der Waals surface area contributed by atoms with E-state index in [0.29, 0.717) is 25.8 Å². The molecule has 0 aromatic heterocycles. The number of aliphatic carboxylic acids is 1. The van der Waals surface area contributed by atoms with Crippen molar-refractivity contribution in [3.05, 3.63) is 12.7 Å². The molecule has 0 amide bonds. The Morgan fingerprint density at radius 2 is 1.75 bits per heavy atom. The fraction of sp³-hybridized carbons (Fsp3) is 0.714. The van der Waals surface area contributed by atoms with Crippen LogP contribution in [0.5, 0.6) is 0 Å². The summed E-state index contributed by atoms with van der Waals surface area (Å²) in [5.41, 5.74) is 15.2. The van der Waals surface area contributed by atoms with Crippen LogP contribution in [0.3, 0.4) is 0 Å². The molecule has 0 aromatic carbocycles. The van der Waals surface area contributed by atoms with Gasteiger partial charge in [-0.25, -0.2) is 0 Å². The molecule has 0 rings (SSSR count). The van der Waals surface area contributed by atoms with Crippen molar-refractivity contribution in [1.82, 2.24) is 0 Å². The second-order valence-electron chi connectivity index (χ2n) is 5.11. The van der Waals surface area contributed by atoms with Crippen LogP contribution >= 0.6 is 0 Å². The zero-order valence-electron chi connectivity index (χ0n) is 12.2. The van der Waals surface area contributed by atoms with Gasteiger partial charge in [-0.05, 0) is 32.1 Å². The van der Waals surface area contributed by atoms with Gasteiger partial charge in [-0.2, -0.15) is 0 Å². The smallest absolute Gasteiger partial charge is 0.323 e. The Kier molecular flexibility index (Phi) is 9.45. The maximum Gasteiger partial charge on any atom is 0.323 e. The standard InChI is InChI=1S/C14H28N4O2/c1-2-3-4-5-6-7-9-14(17,12(19)20)10-8-11-18-13(15)16/h2H,1,3-11,17H2,(H,19,20)(H4,15,16,18)/t14-/m0/s1. The van der Waals surface area contributed by atoms with Crippen LogP contribution in [0.15, 0.2) is 17.6 Å². The van der Waals surface area contributed by atoms with Gasteiger partial charge < -0.3 is 22.3 Å². The van der Waals surface area contributed by atoms with Crippen LogP contribution in [0.25, 0.3) is 0 Å². The minimum Gasteiger partial charge on any atom is -0.480 e. The molecule has 0 aromatic rings. The quantitative estimate of drug-likeness (QED) is 0.186. The van der Waals surface area contributed by atoms with E-state index in [0.717, 1.165) is 32.1 Å². The van der Waals surface area contributed by atoms with Crippen molar-refractivity contribution in [2.45, 2.75) is 56.9 Å². The van der Waals surface area contributed by atoms with Gasteiger partial charge in [-0.1, -0.05) is 25.3 Å². The maximum absolute atomic E-state index is 11.3. The van der Waals surface area contributed by atoms with Crippen molar-refractivity contribution in [2.24, 2.45) is 22.2 Å². The molecule has 0 aliphatic rings. The first-order valence-corrected chi connectivity index (χ1v) is 7.11. The van der Waals surface area contributed by atoms with Crippen molar-refractivity contribution in [3.8, 4) is 0 Å². The number of nitrogens with zero attached hydrogens (tertiary/aromatic N) is 1. The summed E-state index contributed by atoms with van der Waals surface area (Å²) in [6, 6.07) is 0. The number of hydrogen-bond acceptors (Lipinski definition) is 3. The van der Waals surface area contributed by atoms with Crippen LogP contribution in [-0.4, -0.2) is 29.1 Å². The summed E-state index contributed by atoms with van der Waals surface area (Å²) in [7, 11) is 0. The molecule has 116 valence electrons. The molecule has 0 fully saturated rings. The molecular weight excluding hydrogens is 256 g/mol. The molecule has 6 nitrogen and oxygen atoms in total. The molecule has 0 heterocycles. The molecule has 0 radical (unpaired) electrons. The van der Waals surface area contributed by atoms with Crippen molar-refractivity contribution < 1.29 is 9.90 Å². The van der Waals surface area contributed by atoms with Crippen LogP contribution in [-0.2, 0) is 4.79 Å². The third kappa shape index (κ3) is 8.53. The minimum absolute atomic E-state index is 0.0187. The van der Waals surface area contributed by atoms with Gasteiger partial charge in [0.15, 0.2) is 5.96 Å². The molecule has 0 spiro atoms. The summed E-state index contributed by atoms with van der Waals surface area (Å²) in [6.07, 6.45) is 8.32. The number of allylic oxidation sites excluding steroid dienone is 1. The molecule has 0 bridgehead atoms. The van der Waals surface area contributed by atoms with E-state index in [1.54, 1.807) is 0 Å². The van der Waals surface area contributed by atoms with Gasteiger partial charge >= 0.3 is 5.97 Å². The first-order chi connectivity index (χ1) is 9.42. The number of aliphatic imine (C=N–C) groups is 1. The lowest BCUT2D eigenvalue weighted by atomic mass is 9.88. The number of rotatable bonds is 12. The second-order valence-corrected chi connectivity index (χ2v) is 5.11. The Morgan fingerprint density at radius 1 is 1.15 bits per heavy atom. The summed E-state index contributed by atoms with van der Waals surface area (Å²) in [5.74, 6) is -0.932. The van der Waals surface area contributed by atoms with Gasteiger partial charge in [0.25, 0.3) is 0 Å². The predicted molar refractivity (Wildman–Crippen MR) is 82.4 cm³/mol. The lowest BCUT2D eigenvalue weighted by molar-refractivity contribution is -0.144. The predicted octanol–water partition coefficient (Wildman–Crippen LogP) is 1.35. The highest BCUT2D eigenvalue weighted by Gasteiger charge is 2.32. The Labute approximate surface area is 121 Å². The highest BCUT2D eigenvalue weighted by molar-refractivity contribution is 5.78. The zero-order chi connectivity index (χ0) is 15.4. The lowest BCUT2D eigenvalue weighted by Crippen LogP contribution is -2.48. The third-order valence-corrected chi connectivity index (χ3v) is 3.28. The number of guanidine groups is 1. The highest BCUT2D eigenvalue weighted by atomic mass is 16.4. The monoisotopic (exact) mass is 284 g/mol.